The lowest BCUT2D eigenvalue weighted by molar-refractivity contribution is -0.138. The predicted octanol–water partition coefficient (Wildman–Crippen LogP) is 5.76. The van der Waals surface area contributed by atoms with Crippen molar-refractivity contribution in [2.75, 3.05) is 26.2 Å². The Morgan fingerprint density at radius 3 is 2.64 bits per heavy atom. The minimum absolute atomic E-state index is 0.0216. The van der Waals surface area contributed by atoms with Gasteiger partial charge in [0.2, 0.25) is 0 Å². The number of aliphatic imine (C=N–C) groups is 1. The molecule has 3 aromatic rings. The van der Waals surface area contributed by atoms with Gasteiger partial charge in [0.15, 0.2) is 5.96 Å². The Kier molecular flexibility index (Phi) is 7.93. The van der Waals surface area contributed by atoms with Crippen molar-refractivity contribution in [3.63, 3.8) is 0 Å². The van der Waals surface area contributed by atoms with Crippen LogP contribution in [0.5, 0.6) is 0 Å². The first-order chi connectivity index (χ1) is 18.7. The number of rotatable bonds is 6. The van der Waals surface area contributed by atoms with Gasteiger partial charge in [0.05, 0.1) is 29.6 Å². The van der Waals surface area contributed by atoms with Crippen LogP contribution in [0, 0.1) is 19.7 Å². The summed E-state index contributed by atoms with van der Waals surface area (Å²) in [7, 11) is 0. The maximum absolute atomic E-state index is 14.4. The fourth-order valence-electron chi connectivity index (χ4n) is 5.44. The fraction of sp³-hybridized carbons (Fsp3) is 0.448. The van der Waals surface area contributed by atoms with Gasteiger partial charge < -0.3 is 15.0 Å². The molecule has 2 fully saturated rings. The molecule has 2 saturated heterocycles. The number of likely N-dealkylation sites (tertiary alicyclic amines) is 1. The van der Waals surface area contributed by atoms with Crippen molar-refractivity contribution >= 4 is 5.96 Å². The van der Waals surface area contributed by atoms with E-state index in [1.54, 1.807) is 25.1 Å². The predicted molar refractivity (Wildman–Crippen MR) is 141 cm³/mol. The van der Waals surface area contributed by atoms with Gasteiger partial charge in [0.25, 0.3) is 0 Å². The van der Waals surface area contributed by atoms with Crippen LogP contribution in [0.4, 0.5) is 17.6 Å². The van der Waals surface area contributed by atoms with Gasteiger partial charge in [0.1, 0.15) is 5.82 Å². The molecule has 6 nitrogen and oxygen atoms in total. The van der Waals surface area contributed by atoms with Crippen molar-refractivity contribution in [1.82, 2.24) is 20.0 Å². The molecule has 0 saturated carbocycles. The quantitative estimate of drug-likeness (QED) is 0.244. The van der Waals surface area contributed by atoms with E-state index in [2.05, 4.69) is 15.4 Å². The minimum Gasteiger partial charge on any atom is -0.376 e. The first kappa shape index (κ1) is 27.2. The van der Waals surface area contributed by atoms with Gasteiger partial charge in [-0.2, -0.15) is 18.3 Å². The molecule has 2 atom stereocenters. The lowest BCUT2D eigenvalue weighted by Crippen LogP contribution is -2.43. The van der Waals surface area contributed by atoms with Crippen LogP contribution in [0.2, 0.25) is 0 Å². The molecular weight excluding hydrogens is 510 g/mol. The number of aryl methyl sites for hydroxylation is 2. The zero-order valence-corrected chi connectivity index (χ0v) is 22.1. The molecule has 1 N–H and O–H groups in total. The molecule has 2 aromatic carbocycles. The van der Waals surface area contributed by atoms with Crippen LogP contribution in [-0.4, -0.2) is 53.0 Å². The first-order valence-corrected chi connectivity index (χ1v) is 13.3. The van der Waals surface area contributed by atoms with Crippen LogP contribution >= 0.6 is 0 Å². The van der Waals surface area contributed by atoms with Crippen molar-refractivity contribution in [2.45, 2.75) is 57.9 Å². The second-order valence-corrected chi connectivity index (χ2v) is 10.3. The molecule has 208 valence electrons. The molecule has 0 radical (unpaired) electrons. The van der Waals surface area contributed by atoms with Crippen LogP contribution in [0.3, 0.4) is 0 Å². The molecule has 0 bridgehead atoms. The highest BCUT2D eigenvalue weighted by Crippen LogP contribution is 2.34. The summed E-state index contributed by atoms with van der Waals surface area (Å²) in [5, 5.41) is 7.65. The van der Waals surface area contributed by atoms with Gasteiger partial charge in [-0.3, -0.25) is 0 Å². The van der Waals surface area contributed by atoms with Crippen LogP contribution < -0.4 is 5.32 Å². The van der Waals surface area contributed by atoms with E-state index in [1.165, 1.54) is 16.8 Å². The summed E-state index contributed by atoms with van der Waals surface area (Å²) in [5.74, 6) is 0.250. The van der Waals surface area contributed by atoms with Crippen LogP contribution in [0.15, 0.2) is 53.5 Å². The molecule has 0 aliphatic carbocycles. The molecule has 0 spiro atoms. The summed E-state index contributed by atoms with van der Waals surface area (Å²) in [6.45, 7) is 5.83. The van der Waals surface area contributed by atoms with Crippen molar-refractivity contribution in [3.05, 3.63) is 82.4 Å². The lowest BCUT2D eigenvalue weighted by atomic mass is 9.98. The van der Waals surface area contributed by atoms with E-state index in [0.29, 0.717) is 43.5 Å². The average molecular weight is 544 g/mol. The van der Waals surface area contributed by atoms with Crippen molar-refractivity contribution in [2.24, 2.45) is 4.99 Å². The Balaban J connectivity index is 1.40. The zero-order chi connectivity index (χ0) is 27.6. The van der Waals surface area contributed by atoms with Gasteiger partial charge in [0, 0.05) is 37.9 Å². The molecule has 0 amide bonds. The van der Waals surface area contributed by atoms with E-state index in [4.69, 9.17) is 4.74 Å². The average Bonchev–Trinajstić information content (AvgIpc) is 3.66. The second-order valence-electron chi connectivity index (χ2n) is 10.3. The standard InChI is InChI=1S/C29H33F4N5O/c1-19-14-20(2)38(36-19)23-10-9-21(26(15-23)29(31,32)33)16-34-28(35-17-24-6-5-13-39-24)37-12-11-22(18-37)25-7-3-4-8-27(25)30/h3-4,7-10,14-15,22,24H,5-6,11-13,16-18H2,1-2H3,(H,34,35). The summed E-state index contributed by atoms with van der Waals surface area (Å²) in [4.78, 5) is 6.65. The Hall–Kier alpha value is -3.40. The summed E-state index contributed by atoms with van der Waals surface area (Å²) in [6, 6.07) is 12.8. The molecule has 3 heterocycles. The first-order valence-electron chi connectivity index (χ1n) is 13.3. The zero-order valence-electron chi connectivity index (χ0n) is 22.1. The third-order valence-electron chi connectivity index (χ3n) is 7.40. The van der Waals surface area contributed by atoms with Gasteiger partial charge in [-0.05, 0) is 68.5 Å². The molecule has 2 unspecified atom stereocenters. The van der Waals surface area contributed by atoms with E-state index in [-0.39, 0.29) is 29.9 Å². The largest absolute Gasteiger partial charge is 0.416 e. The van der Waals surface area contributed by atoms with E-state index >= 15 is 0 Å². The summed E-state index contributed by atoms with van der Waals surface area (Å²) in [5.41, 5.74) is 1.83. The molecular formula is C29H33F4N5O. The van der Waals surface area contributed by atoms with Crippen LogP contribution in [0.25, 0.3) is 5.69 Å². The molecule has 39 heavy (non-hydrogen) atoms. The highest BCUT2D eigenvalue weighted by Gasteiger charge is 2.34. The molecule has 1 aromatic heterocycles. The Bertz CT molecular complexity index is 1330. The highest BCUT2D eigenvalue weighted by molar-refractivity contribution is 5.80. The van der Waals surface area contributed by atoms with Gasteiger partial charge >= 0.3 is 6.18 Å². The molecule has 5 rings (SSSR count). The van der Waals surface area contributed by atoms with Gasteiger partial charge in [-0.15, -0.1) is 0 Å². The van der Waals surface area contributed by atoms with Crippen LogP contribution in [-0.2, 0) is 17.5 Å². The van der Waals surface area contributed by atoms with E-state index in [1.807, 2.05) is 24.0 Å². The van der Waals surface area contributed by atoms with Crippen LogP contribution in [0.1, 0.15) is 53.3 Å². The lowest BCUT2D eigenvalue weighted by Gasteiger charge is -2.24. The summed E-state index contributed by atoms with van der Waals surface area (Å²) in [6.07, 6.45) is -1.89. The third kappa shape index (κ3) is 6.27. The fourth-order valence-corrected chi connectivity index (χ4v) is 5.44. The van der Waals surface area contributed by atoms with Crippen molar-refractivity contribution < 1.29 is 22.3 Å². The van der Waals surface area contributed by atoms with E-state index in [0.717, 1.165) is 36.7 Å². The topological polar surface area (TPSA) is 54.7 Å². The number of benzene rings is 2. The number of halogens is 4. The monoisotopic (exact) mass is 543 g/mol. The Morgan fingerprint density at radius 2 is 1.95 bits per heavy atom. The van der Waals surface area contributed by atoms with Gasteiger partial charge in [-0.25, -0.2) is 14.1 Å². The maximum Gasteiger partial charge on any atom is 0.416 e. The molecule has 10 heteroatoms. The Labute approximate surface area is 225 Å². The van der Waals surface area contributed by atoms with Crippen molar-refractivity contribution in [1.29, 1.82) is 0 Å². The minimum atomic E-state index is -4.55. The number of alkyl halides is 3. The Morgan fingerprint density at radius 1 is 1.13 bits per heavy atom. The van der Waals surface area contributed by atoms with Crippen molar-refractivity contribution in [3.8, 4) is 5.69 Å². The highest BCUT2D eigenvalue weighted by atomic mass is 19.4. The number of ether oxygens (including phenoxy) is 1. The maximum atomic E-state index is 14.4. The van der Waals surface area contributed by atoms with Gasteiger partial charge in [-0.1, -0.05) is 24.3 Å². The number of nitrogens with one attached hydrogen (secondary N) is 1. The number of hydrogen-bond donors (Lipinski definition) is 1. The number of guanidine groups is 1. The molecule has 2 aliphatic heterocycles. The number of nitrogens with zero attached hydrogens (tertiary/aromatic N) is 4. The van der Waals surface area contributed by atoms with E-state index in [9.17, 15) is 17.6 Å². The molecule has 2 aliphatic rings. The SMILES string of the molecule is Cc1cc(C)n(-c2ccc(CN=C(NCC3CCCO3)N3CCC(c4ccccc4F)C3)c(C(F)(F)F)c2)n1. The summed E-state index contributed by atoms with van der Waals surface area (Å²) < 4.78 is 64.1. The third-order valence-corrected chi connectivity index (χ3v) is 7.40. The van der Waals surface area contributed by atoms with E-state index < -0.39 is 11.7 Å². The number of hydrogen-bond acceptors (Lipinski definition) is 3. The number of aromatic nitrogens is 2. The summed E-state index contributed by atoms with van der Waals surface area (Å²) >= 11 is 0. The second kappa shape index (κ2) is 11.4. The normalized spacial score (nSPS) is 20.2. The smallest absolute Gasteiger partial charge is 0.376 e.